The van der Waals surface area contributed by atoms with Crippen molar-refractivity contribution in [2.45, 2.75) is 12.3 Å². The van der Waals surface area contributed by atoms with Crippen molar-refractivity contribution in [2.24, 2.45) is 0 Å². The Balaban J connectivity index is 2.11. The summed E-state index contributed by atoms with van der Waals surface area (Å²) in [6.07, 6.45) is 10.6. The molecule has 0 spiro atoms. The van der Waals surface area contributed by atoms with Crippen LogP contribution in [0.4, 0.5) is 0 Å². The minimum Gasteiger partial charge on any atom is -0.122 e. The number of alkyl halides is 1. The summed E-state index contributed by atoms with van der Waals surface area (Å²) in [6.45, 7) is 0. The second kappa shape index (κ2) is 4.47. The first kappa shape index (κ1) is 9.54. The van der Waals surface area contributed by atoms with Crippen molar-refractivity contribution < 1.29 is 0 Å². The van der Waals surface area contributed by atoms with Crippen molar-refractivity contribution in [3.8, 4) is 0 Å². The molecule has 0 saturated heterocycles. The van der Waals surface area contributed by atoms with E-state index in [0.717, 1.165) is 6.42 Å². The van der Waals surface area contributed by atoms with E-state index in [4.69, 9.17) is 11.6 Å². The van der Waals surface area contributed by atoms with Crippen molar-refractivity contribution in [2.75, 3.05) is 5.88 Å². The highest BCUT2D eigenvalue weighted by Gasteiger charge is 2.14. The molecule has 0 N–H and O–H groups in total. The van der Waals surface area contributed by atoms with Gasteiger partial charge >= 0.3 is 0 Å². The first-order valence-corrected chi connectivity index (χ1v) is 5.35. The third kappa shape index (κ3) is 1.91. The number of hydrogen-bond donors (Lipinski definition) is 0. The van der Waals surface area contributed by atoms with Crippen LogP contribution in [0.25, 0.3) is 0 Å². The van der Waals surface area contributed by atoms with Crippen LogP contribution in [0.3, 0.4) is 0 Å². The average Bonchev–Trinajstić information content (AvgIpc) is 2.63. The summed E-state index contributed by atoms with van der Waals surface area (Å²) < 4.78 is 0. The molecule has 1 unspecified atom stereocenters. The zero-order chi connectivity index (χ0) is 9.80. The van der Waals surface area contributed by atoms with Crippen molar-refractivity contribution in [3.63, 3.8) is 0 Å². The summed E-state index contributed by atoms with van der Waals surface area (Å²) in [6, 6.07) is 8.41. The standard InChI is InChI=1S/C13H12Cl/c14-10-4-3-6-12-9-8-11-5-1-2-7-13(11)12/h1-5,7,9,12H,6,10H2/b4-3+. The van der Waals surface area contributed by atoms with Gasteiger partial charge < -0.3 is 0 Å². The van der Waals surface area contributed by atoms with Crippen LogP contribution < -0.4 is 0 Å². The minimum atomic E-state index is 0.491. The fraction of sp³-hybridized carbons (Fsp3) is 0.231. The molecule has 1 atom stereocenters. The van der Waals surface area contributed by atoms with Gasteiger partial charge in [-0.15, -0.1) is 11.6 Å². The molecule has 0 heterocycles. The molecular weight excluding hydrogens is 192 g/mol. The summed E-state index contributed by atoms with van der Waals surface area (Å²) in [5, 5.41) is 0. The van der Waals surface area contributed by atoms with E-state index in [1.807, 2.05) is 6.08 Å². The Morgan fingerprint density at radius 3 is 3.00 bits per heavy atom. The molecule has 0 amide bonds. The summed E-state index contributed by atoms with van der Waals surface area (Å²) in [4.78, 5) is 0. The fourth-order valence-electron chi connectivity index (χ4n) is 1.73. The number of hydrogen-bond acceptors (Lipinski definition) is 0. The summed E-state index contributed by atoms with van der Waals surface area (Å²) in [7, 11) is 0. The van der Waals surface area contributed by atoms with Gasteiger partial charge in [-0.2, -0.15) is 0 Å². The van der Waals surface area contributed by atoms with Gasteiger partial charge in [0.05, 0.1) is 0 Å². The Bertz CT molecular complexity index is 363. The quantitative estimate of drug-likeness (QED) is 0.520. The predicted molar refractivity (Wildman–Crippen MR) is 60.6 cm³/mol. The molecule has 1 aromatic carbocycles. The van der Waals surface area contributed by atoms with E-state index in [2.05, 4.69) is 42.5 Å². The number of allylic oxidation sites excluding steroid dienone is 3. The van der Waals surface area contributed by atoms with Crippen molar-refractivity contribution in [1.29, 1.82) is 0 Å². The Morgan fingerprint density at radius 2 is 2.14 bits per heavy atom. The highest BCUT2D eigenvalue weighted by Crippen LogP contribution is 2.30. The number of benzene rings is 1. The van der Waals surface area contributed by atoms with Crippen molar-refractivity contribution in [3.05, 3.63) is 59.7 Å². The predicted octanol–water partition coefficient (Wildman–Crippen LogP) is 3.68. The van der Waals surface area contributed by atoms with Crippen LogP contribution in [0, 0.1) is 6.08 Å². The van der Waals surface area contributed by atoms with Gasteiger partial charge in [-0.05, 0) is 23.6 Å². The van der Waals surface area contributed by atoms with Gasteiger partial charge in [0.2, 0.25) is 0 Å². The lowest BCUT2D eigenvalue weighted by Crippen LogP contribution is -1.90. The van der Waals surface area contributed by atoms with Gasteiger partial charge in [0.25, 0.3) is 0 Å². The Morgan fingerprint density at radius 1 is 1.29 bits per heavy atom. The first-order chi connectivity index (χ1) is 6.92. The third-order valence-electron chi connectivity index (χ3n) is 2.45. The molecule has 1 aliphatic carbocycles. The molecule has 0 saturated carbocycles. The lowest BCUT2D eigenvalue weighted by Gasteiger charge is -2.07. The van der Waals surface area contributed by atoms with Crippen molar-refractivity contribution in [1.82, 2.24) is 0 Å². The van der Waals surface area contributed by atoms with Crippen LogP contribution in [0.15, 0.2) is 42.5 Å². The van der Waals surface area contributed by atoms with E-state index in [1.54, 1.807) is 0 Å². The molecule has 1 aromatic rings. The molecule has 0 fully saturated rings. The molecule has 0 bridgehead atoms. The van der Waals surface area contributed by atoms with Crippen LogP contribution in [0.5, 0.6) is 0 Å². The first-order valence-electron chi connectivity index (χ1n) is 4.81. The fourth-order valence-corrected chi connectivity index (χ4v) is 1.86. The maximum absolute atomic E-state index is 5.57. The van der Waals surface area contributed by atoms with Crippen LogP contribution in [-0.2, 0) is 0 Å². The summed E-state index contributed by atoms with van der Waals surface area (Å²) in [5.74, 6) is 1.09. The molecule has 1 heteroatoms. The Hall–Kier alpha value is -1.01. The molecule has 2 rings (SSSR count). The Labute approximate surface area is 89.9 Å². The highest BCUT2D eigenvalue weighted by atomic mass is 35.5. The summed E-state index contributed by atoms with van der Waals surface area (Å²) in [5.41, 5.74) is 2.61. The zero-order valence-electron chi connectivity index (χ0n) is 7.91. The smallest absolute Gasteiger partial charge is 0.0404 e. The van der Waals surface area contributed by atoms with Gasteiger partial charge in [-0.1, -0.05) is 42.5 Å². The zero-order valence-corrected chi connectivity index (χ0v) is 8.67. The SMILES string of the molecule is ClC/C=C/CC1C=[C]c2ccccc21. The third-order valence-corrected chi connectivity index (χ3v) is 2.62. The number of rotatable bonds is 3. The lowest BCUT2D eigenvalue weighted by atomic mass is 9.98. The van der Waals surface area contributed by atoms with E-state index in [9.17, 15) is 0 Å². The molecule has 1 radical (unpaired) electrons. The molecular formula is C13H12Cl. The second-order valence-electron chi connectivity index (χ2n) is 3.37. The van der Waals surface area contributed by atoms with Crippen molar-refractivity contribution >= 4 is 11.6 Å². The molecule has 0 nitrogen and oxygen atoms in total. The second-order valence-corrected chi connectivity index (χ2v) is 3.67. The van der Waals surface area contributed by atoms with Gasteiger partial charge in [-0.3, -0.25) is 0 Å². The maximum atomic E-state index is 5.57. The van der Waals surface area contributed by atoms with E-state index in [1.165, 1.54) is 11.1 Å². The molecule has 14 heavy (non-hydrogen) atoms. The van der Waals surface area contributed by atoms with Crippen LogP contribution in [-0.4, -0.2) is 5.88 Å². The van der Waals surface area contributed by atoms with Gasteiger partial charge in [0, 0.05) is 11.8 Å². The van der Waals surface area contributed by atoms with Crippen LogP contribution >= 0.6 is 11.6 Å². The van der Waals surface area contributed by atoms with E-state index < -0.39 is 0 Å². The summed E-state index contributed by atoms with van der Waals surface area (Å²) >= 11 is 5.57. The molecule has 71 valence electrons. The maximum Gasteiger partial charge on any atom is 0.0404 e. The monoisotopic (exact) mass is 203 g/mol. The molecule has 0 aliphatic heterocycles. The average molecular weight is 204 g/mol. The highest BCUT2D eigenvalue weighted by molar-refractivity contribution is 6.18. The van der Waals surface area contributed by atoms with E-state index in [-0.39, 0.29) is 0 Å². The molecule has 1 aliphatic rings. The minimum absolute atomic E-state index is 0.491. The Kier molecular flexibility index (Phi) is 3.05. The van der Waals surface area contributed by atoms with Crippen LogP contribution in [0.1, 0.15) is 23.5 Å². The topological polar surface area (TPSA) is 0 Å². The normalized spacial score (nSPS) is 19.1. The largest absolute Gasteiger partial charge is 0.122 e. The van der Waals surface area contributed by atoms with Crippen LogP contribution in [0.2, 0.25) is 0 Å². The van der Waals surface area contributed by atoms with Gasteiger partial charge in [0.15, 0.2) is 0 Å². The van der Waals surface area contributed by atoms with E-state index in [0.29, 0.717) is 11.8 Å². The lowest BCUT2D eigenvalue weighted by molar-refractivity contribution is 0.878. The number of fused-ring (bicyclic) bond motifs is 1. The van der Waals surface area contributed by atoms with E-state index >= 15 is 0 Å². The van der Waals surface area contributed by atoms with Gasteiger partial charge in [0.1, 0.15) is 0 Å². The molecule has 0 aromatic heterocycles. The van der Waals surface area contributed by atoms with Gasteiger partial charge in [-0.25, -0.2) is 0 Å². The number of halogens is 1.